The van der Waals surface area contributed by atoms with E-state index in [2.05, 4.69) is 17.2 Å². The molecular formula is C25H22N2O5S2. The first-order chi connectivity index (χ1) is 16.4. The molecule has 1 fully saturated rings. The first-order valence-electron chi connectivity index (χ1n) is 10.5. The molecule has 0 spiro atoms. The molecule has 7 nitrogen and oxygen atoms in total. The Labute approximate surface area is 202 Å². The van der Waals surface area contributed by atoms with Crippen LogP contribution in [0.15, 0.2) is 78.0 Å². The first kappa shape index (κ1) is 23.7. The van der Waals surface area contributed by atoms with Crippen LogP contribution in [0, 0.1) is 11.8 Å². The molecule has 1 unspecified atom stereocenters. The van der Waals surface area contributed by atoms with Gasteiger partial charge < -0.3 is 9.30 Å². The summed E-state index contributed by atoms with van der Waals surface area (Å²) in [6.45, 7) is 0. The van der Waals surface area contributed by atoms with Crippen molar-refractivity contribution < 1.29 is 22.7 Å². The molecule has 4 rings (SSSR count). The number of ether oxygens (including phenoxy) is 1. The number of sulfone groups is 1. The number of carbonyl (C=O) groups is 2. The average Bonchev–Trinajstić information content (AvgIpc) is 3.48. The van der Waals surface area contributed by atoms with Gasteiger partial charge in [0.15, 0.2) is 0 Å². The zero-order valence-corrected chi connectivity index (χ0v) is 20.0. The largest absolute Gasteiger partial charge is 0.497 e. The Bertz CT molecular complexity index is 1350. The predicted octanol–water partition coefficient (Wildman–Crippen LogP) is 4.16. The number of imide groups is 1. The highest BCUT2D eigenvalue weighted by atomic mass is 32.3. The van der Waals surface area contributed by atoms with Gasteiger partial charge in [0.25, 0.3) is 11.1 Å². The maximum atomic E-state index is 13.4. The van der Waals surface area contributed by atoms with E-state index in [1.165, 1.54) is 31.4 Å². The van der Waals surface area contributed by atoms with Crippen LogP contribution >= 0.6 is 11.8 Å². The molecule has 34 heavy (non-hydrogen) atoms. The number of rotatable bonds is 7. The van der Waals surface area contributed by atoms with Crippen LogP contribution in [0.25, 0.3) is 5.69 Å². The van der Waals surface area contributed by atoms with E-state index in [1.54, 1.807) is 0 Å². The van der Waals surface area contributed by atoms with E-state index in [4.69, 9.17) is 4.74 Å². The molecule has 1 aliphatic rings. The Kier molecular flexibility index (Phi) is 6.82. The SMILES string of the molecule is COc1ccc(S(=O)(=O)C2(CCCC#Cc3ccc(-n4cccc4)cc3)SC(=O)NC2=O)cc1. The molecule has 1 aromatic heterocycles. The zero-order valence-electron chi connectivity index (χ0n) is 18.4. The lowest BCUT2D eigenvalue weighted by atomic mass is 10.1. The van der Waals surface area contributed by atoms with Crippen molar-refractivity contribution in [3.8, 4) is 23.3 Å². The summed E-state index contributed by atoms with van der Waals surface area (Å²) in [6, 6.07) is 17.4. The number of methoxy groups -OCH3 is 1. The minimum atomic E-state index is -4.15. The Hall–Kier alpha value is -3.48. The highest BCUT2D eigenvalue weighted by Gasteiger charge is 2.57. The molecule has 0 bridgehead atoms. The van der Waals surface area contributed by atoms with Gasteiger partial charge in [-0.05, 0) is 85.3 Å². The Morgan fingerprint density at radius 1 is 1.03 bits per heavy atom. The third-order valence-electron chi connectivity index (χ3n) is 5.43. The maximum Gasteiger partial charge on any atom is 0.287 e. The summed E-state index contributed by atoms with van der Waals surface area (Å²) in [7, 11) is -2.68. The van der Waals surface area contributed by atoms with Crippen LogP contribution in [-0.2, 0) is 14.6 Å². The molecule has 1 aliphatic heterocycles. The van der Waals surface area contributed by atoms with Gasteiger partial charge in [-0.2, -0.15) is 0 Å². The highest BCUT2D eigenvalue weighted by molar-refractivity contribution is 8.25. The average molecular weight is 495 g/mol. The van der Waals surface area contributed by atoms with Gasteiger partial charge in [-0.3, -0.25) is 14.9 Å². The van der Waals surface area contributed by atoms with Gasteiger partial charge in [0.1, 0.15) is 5.75 Å². The van der Waals surface area contributed by atoms with Crippen LogP contribution in [0.4, 0.5) is 4.79 Å². The van der Waals surface area contributed by atoms with E-state index in [9.17, 15) is 18.0 Å². The van der Waals surface area contributed by atoms with E-state index < -0.39 is 25.1 Å². The van der Waals surface area contributed by atoms with Crippen molar-refractivity contribution in [3.05, 3.63) is 78.6 Å². The second-order valence-electron chi connectivity index (χ2n) is 7.57. The summed E-state index contributed by atoms with van der Waals surface area (Å²) >= 11 is 0.518. The summed E-state index contributed by atoms with van der Waals surface area (Å²) in [6.07, 6.45) is 4.58. The van der Waals surface area contributed by atoms with Crippen molar-refractivity contribution in [2.75, 3.05) is 7.11 Å². The molecular weight excluding hydrogens is 472 g/mol. The van der Waals surface area contributed by atoms with Gasteiger partial charge in [0.05, 0.1) is 12.0 Å². The molecule has 9 heteroatoms. The number of hydrogen-bond donors (Lipinski definition) is 1. The van der Waals surface area contributed by atoms with Gasteiger partial charge in [0.2, 0.25) is 13.9 Å². The maximum absolute atomic E-state index is 13.4. The van der Waals surface area contributed by atoms with E-state index in [0.717, 1.165) is 11.3 Å². The third-order valence-corrected chi connectivity index (χ3v) is 9.50. The molecule has 0 radical (unpaired) electrons. The summed E-state index contributed by atoms with van der Waals surface area (Å²) in [5.74, 6) is 5.77. The van der Waals surface area contributed by atoms with Crippen LogP contribution < -0.4 is 10.1 Å². The van der Waals surface area contributed by atoms with Gasteiger partial charge in [-0.25, -0.2) is 8.42 Å². The topological polar surface area (TPSA) is 94.5 Å². The number of thioether (sulfide) groups is 1. The fraction of sp³-hybridized carbons (Fsp3) is 0.200. The Morgan fingerprint density at radius 3 is 2.29 bits per heavy atom. The number of amides is 2. The molecule has 0 aliphatic carbocycles. The molecule has 1 N–H and O–H groups in total. The van der Waals surface area contributed by atoms with Crippen molar-refractivity contribution in [1.82, 2.24) is 9.88 Å². The standard InChI is InChI=1S/C25H22N2O5S2/c1-32-21-12-14-22(15-13-21)34(30,31)25(23(28)26-24(29)33-25)16-4-2-3-7-19-8-10-20(11-9-19)27-17-5-6-18-27/h5-6,8-15,17-18H,2,4,16H2,1H3,(H,26,28,29). The monoisotopic (exact) mass is 494 g/mol. The fourth-order valence-corrected chi connectivity index (χ4v) is 7.00. The minimum absolute atomic E-state index is 0.0369. The Morgan fingerprint density at radius 2 is 1.71 bits per heavy atom. The molecule has 2 heterocycles. The minimum Gasteiger partial charge on any atom is -0.497 e. The van der Waals surface area contributed by atoms with Gasteiger partial charge in [0, 0.05) is 30.1 Å². The summed E-state index contributed by atoms with van der Waals surface area (Å²) in [5.41, 5.74) is 1.86. The smallest absolute Gasteiger partial charge is 0.287 e. The number of aromatic nitrogens is 1. The van der Waals surface area contributed by atoms with Gasteiger partial charge >= 0.3 is 0 Å². The lowest BCUT2D eigenvalue weighted by molar-refractivity contribution is -0.120. The zero-order chi connectivity index (χ0) is 24.2. The molecule has 3 aromatic rings. The van der Waals surface area contributed by atoms with Crippen LogP contribution in [0.2, 0.25) is 0 Å². The second-order valence-corrected chi connectivity index (χ2v) is 11.3. The van der Waals surface area contributed by atoms with Crippen molar-refractivity contribution in [1.29, 1.82) is 0 Å². The number of hydrogen-bond acceptors (Lipinski definition) is 6. The first-order valence-corrected chi connectivity index (χ1v) is 12.8. The van der Waals surface area contributed by atoms with Gasteiger partial charge in [-0.15, -0.1) is 0 Å². The molecule has 1 atom stereocenters. The van der Waals surface area contributed by atoms with Gasteiger partial charge in [-0.1, -0.05) is 11.8 Å². The number of nitrogens with one attached hydrogen (secondary N) is 1. The second kappa shape index (κ2) is 9.79. The van der Waals surface area contributed by atoms with Crippen LogP contribution in [0.3, 0.4) is 0 Å². The fourth-order valence-electron chi connectivity index (χ4n) is 3.63. The quantitative estimate of drug-likeness (QED) is 0.392. The van der Waals surface area contributed by atoms with Crippen LogP contribution in [-0.4, -0.2) is 35.3 Å². The lowest BCUT2D eigenvalue weighted by Gasteiger charge is -2.24. The summed E-state index contributed by atoms with van der Waals surface area (Å²) < 4.78 is 32.0. The molecule has 2 amide bonds. The van der Waals surface area contributed by atoms with E-state index >= 15 is 0 Å². The predicted molar refractivity (Wildman–Crippen MR) is 131 cm³/mol. The normalized spacial score (nSPS) is 17.7. The van der Waals surface area contributed by atoms with Crippen molar-refractivity contribution >= 4 is 32.7 Å². The van der Waals surface area contributed by atoms with E-state index in [1.807, 2.05) is 53.4 Å². The third kappa shape index (κ3) is 4.60. The number of nitrogens with zero attached hydrogens (tertiary/aromatic N) is 1. The molecule has 174 valence electrons. The van der Waals surface area contributed by atoms with E-state index in [-0.39, 0.29) is 11.3 Å². The summed E-state index contributed by atoms with van der Waals surface area (Å²) in [5, 5.41) is 1.46. The van der Waals surface area contributed by atoms with Crippen LogP contribution in [0.1, 0.15) is 24.8 Å². The number of unbranched alkanes of at least 4 members (excludes halogenated alkanes) is 1. The molecule has 1 saturated heterocycles. The highest BCUT2D eigenvalue weighted by Crippen LogP contribution is 2.44. The van der Waals surface area contributed by atoms with Crippen LogP contribution in [0.5, 0.6) is 5.75 Å². The van der Waals surface area contributed by atoms with Crippen molar-refractivity contribution in [2.45, 2.75) is 28.2 Å². The lowest BCUT2D eigenvalue weighted by Crippen LogP contribution is -2.43. The number of benzene rings is 2. The molecule has 0 saturated carbocycles. The van der Waals surface area contributed by atoms with Crippen molar-refractivity contribution in [2.24, 2.45) is 0 Å². The van der Waals surface area contributed by atoms with E-state index in [0.29, 0.717) is 30.4 Å². The number of carbonyl (C=O) groups excluding carboxylic acids is 2. The molecule has 2 aromatic carbocycles. The summed E-state index contributed by atoms with van der Waals surface area (Å²) in [4.78, 5) is 24.6. The Balaban J connectivity index is 1.47. The van der Waals surface area contributed by atoms with Crippen molar-refractivity contribution in [3.63, 3.8) is 0 Å².